The molecule has 0 aliphatic heterocycles. The van der Waals surface area contributed by atoms with Crippen LogP contribution in [-0.2, 0) is 39.8 Å². The molecule has 3 aromatic rings. The standard InChI is InChI=1S/C32H37F4N5O3S2/c1-4-17(2)26(28(37)45)40-30(44)31(13-12-23-20(15-31)19-9-7-10-21(27(19)39-23)32(34,35)36)41-29(43)24(16-46-3)38-25(42)14-18-8-5-6-11-22(18)33/h5-11,17,24,26,39H,4,12-16H2,1-3H3,(H2,37,45)(H,38,42)(H,40,44)(H,41,43)/t17?,24-,26-,31+/m0/s1. The van der Waals surface area contributed by atoms with E-state index in [0.29, 0.717) is 23.1 Å². The quantitative estimate of drug-likeness (QED) is 0.141. The van der Waals surface area contributed by atoms with Gasteiger partial charge in [-0.25, -0.2) is 4.39 Å². The van der Waals surface area contributed by atoms with Crippen molar-refractivity contribution < 1.29 is 31.9 Å². The highest BCUT2D eigenvalue weighted by Crippen LogP contribution is 2.40. The third-order valence-electron chi connectivity index (χ3n) is 8.51. The molecule has 248 valence electrons. The number of carbonyl (C=O) groups excluding carboxylic acids is 3. The topological polar surface area (TPSA) is 129 Å². The summed E-state index contributed by atoms with van der Waals surface area (Å²) in [5.74, 6) is -2.41. The van der Waals surface area contributed by atoms with Crippen molar-refractivity contribution in [2.24, 2.45) is 11.7 Å². The Morgan fingerprint density at radius 2 is 1.85 bits per heavy atom. The van der Waals surface area contributed by atoms with Gasteiger partial charge in [-0.3, -0.25) is 14.4 Å². The van der Waals surface area contributed by atoms with E-state index in [1.807, 2.05) is 13.8 Å². The maximum Gasteiger partial charge on any atom is 0.418 e. The van der Waals surface area contributed by atoms with E-state index in [1.165, 1.54) is 36.0 Å². The molecule has 0 bridgehead atoms. The van der Waals surface area contributed by atoms with Crippen LogP contribution in [0.2, 0.25) is 0 Å². The SMILES string of the molecule is CCC(C)[C@H](NC(=O)[C@@]1(NC(=O)[C@H](CSC)NC(=O)Cc2ccccc2F)CCc2[nH]c3c(C(F)(F)F)cccc3c2C1)C(N)=S. The number of thiocarbonyl (C=S) groups is 1. The molecule has 0 fully saturated rings. The molecule has 1 heterocycles. The zero-order valence-corrected chi connectivity index (χ0v) is 27.3. The van der Waals surface area contributed by atoms with Gasteiger partial charge in [0.1, 0.15) is 17.4 Å². The molecule has 1 aliphatic carbocycles. The summed E-state index contributed by atoms with van der Waals surface area (Å²) in [7, 11) is 0. The number of nitrogens with two attached hydrogens (primary N) is 1. The molecule has 1 aliphatic rings. The van der Waals surface area contributed by atoms with Crippen LogP contribution in [0.4, 0.5) is 17.6 Å². The Morgan fingerprint density at radius 3 is 2.48 bits per heavy atom. The molecule has 0 saturated heterocycles. The van der Waals surface area contributed by atoms with Gasteiger partial charge in [-0.15, -0.1) is 0 Å². The molecule has 14 heteroatoms. The number of H-pyrrole nitrogens is 1. The summed E-state index contributed by atoms with van der Waals surface area (Å²) in [6.45, 7) is 3.78. The van der Waals surface area contributed by atoms with Gasteiger partial charge in [0.05, 0.1) is 28.5 Å². The van der Waals surface area contributed by atoms with Crippen molar-refractivity contribution in [3.05, 3.63) is 70.7 Å². The second-order valence-electron chi connectivity index (χ2n) is 11.6. The van der Waals surface area contributed by atoms with Crippen LogP contribution in [0.15, 0.2) is 42.5 Å². The lowest BCUT2D eigenvalue weighted by Crippen LogP contribution is -2.66. The monoisotopic (exact) mass is 679 g/mol. The number of hydrogen-bond acceptors (Lipinski definition) is 5. The van der Waals surface area contributed by atoms with E-state index in [4.69, 9.17) is 18.0 Å². The first-order valence-electron chi connectivity index (χ1n) is 14.8. The van der Waals surface area contributed by atoms with Crippen LogP contribution in [0, 0.1) is 11.7 Å². The number of nitrogens with one attached hydrogen (secondary N) is 4. The first-order chi connectivity index (χ1) is 21.7. The van der Waals surface area contributed by atoms with Gasteiger partial charge in [-0.1, -0.05) is 62.8 Å². The van der Waals surface area contributed by atoms with E-state index in [0.717, 1.165) is 6.07 Å². The highest BCUT2D eigenvalue weighted by Gasteiger charge is 2.46. The molecular weight excluding hydrogens is 643 g/mol. The first-order valence-corrected chi connectivity index (χ1v) is 16.6. The molecule has 8 nitrogen and oxygen atoms in total. The second-order valence-corrected chi connectivity index (χ2v) is 13.0. The van der Waals surface area contributed by atoms with E-state index >= 15 is 0 Å². The number of para-hydroxylation sites is 1. The summed E-state index contributed by atoms with van der Waals surface area (Å²) >= 11 is 6.52. The number of carbonyl (C=O) groups is 3. The van der Waals surface area contributed by atoms with Crippen LogP contribution in [0.5, 0.6) is 0 Å². The molecular formula is C32H37F4N5O3S2. The average Bonchev–Trinajstić information content (AvgIpc) is 3.37. The first kappa shape index (κ1) is 35.2. The van der Waals surface area contributed by atoms with E-state index in [-0.39, 0.29) is 53.4 Å². The van der Waals surface area contributed by atoms with E-state index in [2.05, 4.69) is 20.9 Å². The Bertz CT molecular complexity index is 1630. The third kappa shape index (κ3) is 7.65. The summed E-state index contributed by atoms with van der Waals surface area (Å²) in [6, 6.07) is 7.84. The summed E-state index contributed by atoms with van der Waals surface area (Å²) < 4.78 is 55.8. The van der Waals surface area contributed by atoms with Crippen molar-refractivity contribution in [3.8, 4) is 0 Å². The average molecular weight is 680 g/mol. The highest BCUT2D eigenvalue weighted by atomic mass is 32.2. The number of aromatic nitrogens is 1. The van der Waals surface area contributed by atoms with E-state index in [1.54, 1.807) is 18.4 Å². The summed E-state index contributed by atoms with van der Waals surface area (Å²) in [6.07, 6.45) is -2.46. The Labute approximate surface area is 274 Å². The van der Waals surface area contributed by atoms with Crippen molar-refractivity contribution in [3.63, 3.8) is 0 Å². The zero-order chi connectivity index (χ0) is 33.8. The molecule has 46 heavy (non-hydrogen) atoms. The number of amides is 3. The molecule has 3 amide bonds. The van der Waals surface area contributed by atoms with Crippen molar-refractivity contribution in [1.29, 1.82) is 0 Å². The van der Waals surface area contributed by atoms with Crippen LogP contribution < -0.4 is 21.7 Å². The highest BCUT2D eigenvalue weighted by molar-refractivity contribution is 7.98. The number of aryl methyl sites for hydroxylation is 1. The summed E-state index contributed by atoms with van der Waals surface area (Å²) in [4.78, 5) is 43.9. The fourth-order valence-corrected chi connectivity index (χ4v) is 6.67. The van der Waals surface area contributed by atoms with Gasteiger partial charge in [0.15, 0.2) is 0 Å². The largest absolute Gasteiger partial charge is 0.418 e. The van der Waals surface area contributed by atoms with Crippen molar-refractivity contribution in [1.82, 2.24) is 20.9 Å². The molecule has 1 unspecified atom stereocenters. The molecule has 4 rings (SSSR count). The van der Waals surface area contributed by atoms with Crippen LogP contribution >= 0.6 is 24.0 Å². The van der Waals surface area contributed by atoms with E-state index in [9.17, 15) is 31.9 Å². The minimum absolute atomic E-state index is 0.0471. The third-order valence-corrected chi connectivity index (χ3v) is 9.43. The number of aromatic amines is 1. The lowest BCUT2D eigenvalue weighted by atomic mass is 9.78. The van der Waals surface area contributed by atoms with Crippen LogP contribution in [0.25, 0.3) is 10.9 Å². The number of benzene rings is 2. The Balaban J connectivity index is 1.70. The van der Waals surface area contributed by atoms with Gasteiger partial charge in [-0.2, -0.15) is 24.9 Å². The fourth-order valence-electron chi connectivity index (χ4n) is 5.81. The maximum atomic E-state index is 14.2. The van der Waals surface area contributed by atoms with Crippen LogP contribution in [-0.4, -0.2) is 57.3 Å². The zero-order valence-electron chi connectivity index (χ0n) is 25.6. The number of rotatable bonds is 12. The molecule has 6 N–H and O–H groups in total. The smallest absolute Gasteiger partial charge is 0.392 e. The van der Waals surface area contributed by atoms with Crippen molar-refractivity contribution >= 4 is 57.6 Å². The number of halogens is 4. The van der Waals surface area contributed by atoms with Gasteiger partial charge < -0.3 is 26.7 Å². The van der Waals surface area contributed by atoms with Gasteiger partial charge in [0.2, 0.25) is 17.7 Å². The predicted molar refractivity (Wildman–Crippen MR) is 175 cm³/mol. The number of thioether (sulfide) groups is 1. The van der Waals surface area contributed by atoms with Gasteiger partial charge in [0, 0.05) is 23.3 Å². The molecule has 0 spiro atoms. The molecule has 2 aromatic carbocycles. The van der Waals surface area contributed by atoms with Crippen molar-refractivity contribution in [2.45, 2.75) is 69.8 Å². The normalized spacial score (nSPS) is 18.2. The minimum Gasteiger partial charge on any atom is -0.392 e. The van der Waals surface area contributed by atoms with Gasteiger partial charge in [0.25, 0.3) is 0 Å². The van der Waals surface area contributed by atoms with Gasteiger partial charge in [-0.05, 0) is 48.3 Å². The molecule has 4 atom stereocenters. The van der Waals surface area contributed by atoms with Crippen LogP contribution in [0.3, 0.4) is 0 Å². The van der Waals surface area contributed by atoms with E-state index < -0.39 is 52.9 Å². The molecule has 0 saturated carbocycles. The summed E-state index contributed by atoms with van der Waals surface area (Å²) in [5, 5.41) is 8.71. The molecule has 0 radical (unpaired) electrons. The summed E-state index contributed by atoms with van der Waals surface area (Å²) in [5.41, 5.74) is 4.62. The maximum absolute atomic E-state index is 14.2. The number of alkyl halides is 3. The van der Waals surface area contributed by atoms with Crippen LogP contribution in [0.1, 0.15) is 49.1 Å². The minimum atomic E-state index is -4.61. The fraction of sp³-hybridized carbons (Fsp3) is 0.438. The van der Waals surface area contributed by atoms with Gasteiger partial charge >= 0.3 is 6.18 Å². The number of fused-ring (bicyclic) bond motifs is 3. The Kier molecular flexibility index (Phi) is 11.0. The molecule has 1 aromatic heterocycles. The predicted octanol–water partition coefficient (Wildman–Crippen LogP) is 4.58. The Morgan fingerprint density at radius 1 is 1.13 bits per heavy atom. The number of hydrogen-bond donors (Lipinski definition) is 5. The lowest BCUT2D eigenvalue weighted by Gasteiger charge is -2.39. The second kappa shape index (κ2) is 14.4. The van der Waals surface area contributed by atoms with Crippen molar-refractivity contribution in [2.75, 3.05) is 12.0 Å². The lowest BCUT2D eigenvalue weighted by molar-refractivity contribution is -0.136. The Hall–Kier alpha value is -3.65.